The molecule has 0 aromatic heterocycles. The van der Waals surface area contributed by atoms with Gasteiger partial charge in [-0.05, 0) is 0 Å². The average Bonchev–Trinajstić information content (AvgIpc) is 2.64. The van der Waals surface area contributed by atoms with Crippen molar-refractivity contribution in [1.29, 1.82) is 0 Å². The third-order valence-corrected chi connectivity index (χ3v) is 3.68. The second-order valence-corrected chi connectivity index (χ2v) is 4.77. The van der Waals surface area contributed by atoms with Crippen LogP contribution in [0.1, 0.15) is 0 Å². The zero-order chi connectivity index (χ0) is 10.1. The summed E-state index contributed by atoms with van der Waals surface area (Å²) in [7, 11) is -4.28. The first-order chi connectivity index (χ1) is 5.96. The topological polar surface area (TPSA) is 97.7 Å². The second-order valence-electron chi connectivity index (χ2n) is 3.24. The van der Waals surface area contributed by atoms with Gasteiger partial charge in [0.2, 0.25) is 5.37 Å². The van der Waals surface area contributed by atoms with Gasteiger partial charge in [-0.1, -0.05) is 0 Å². The molecule has 1 heterocycles. The minimum atomic E-state index is -4.28. The summed E-state index contributed by atoms with van der Waals surface area (Å²) in [6, 6.07) is 0. The zero-order valence-electron chi connectivity index (χ0n) is 8.09. The van der Waals surface area contributed by atoms with E-state index in [2.05, 4.69) is 0 Å². The van der Waals surface area contributed by atoms with Gasteiger partial charge >= 0.3 is 29.6 Å². The van der Waals surface area contributed by atoms with E-state index in [0.717, 1.165) is 0 Å². The van der Waals surface area contributed by atoms with Crippen LogP contribution < -0.4 is 29.6 Å². The van der Waals surface area contributed by atoms with Crippen molar-refractivity contribution in [2.45, 2.75) is 5.37 Å². The van der Waals surface area contributed by atoms with Gasteiger partial charge in [-0.25, -0.2) is 8.42 Å². The number of hydrogen-bond donors (Lipinski definition) is 2. The molecule has 1 saturated heterocycles. The molecule has 0 bridgehead atoms. The van der Waals surface area contributed by atoms with E-state index in [1.165, 1.54) is 0 Å². The van der Waals surface area contributed by atoms with E-state index in [-0.39, 0.29) is 66.9 Å². The van der Waals surface area contributed by atoms with Gasteiger partial charge in [0.25, 0.3) is 0 Å². The third-order valence-electron chi connectivity index (χ3n) is 2.42. The Hall–Kier alpha value is 0.790. The van der Waals surface area contributed by atoms with Crippen LogP contribution in [0.4, 0.5) is 0 Å². The molecule has 1 fully saturated rings. The molecule has 0 aromatic carbocycles. The van der Waals surface area contributed by atoms with Gasteiger partial charge in [-0.15, -0.1) is 0 Å². The first-order valence-corrected chi connectivity index (χ1v) is 5.45. The molecule has 0 aliphatic carbocycles. The molecule has 0 radical (unpaired) electrons. The third kappa shape index (κ3) is 3.14. The first kappa shape index (κ1) is 14.8. The summed E-state index contributed by atoms with van der Waals surface area (Å²) in [6.45, 7) is 0.296. The number of nitrogens with zero attached hydrogens (tertiary/aromatic N) is 1. The summed E-state index contributed by atoms with van der Waals surface area (Å²) >= 11 is 0. The van der Waals surface area contributed by atoms with E-state index in [1.54, 1.807) is 0 Å². The largest absolute Gasteiger partial charge is 1.00 e. The van der Waals surface area contributed by atoms with Crippen LogP contribution in [0, 0.1) is 0 Å². The fraction of sp³-hybridized carbons (Fsp3) is 1.00. The predicted octanol–water partition coefficient (Wildman–Crippen LogP) is -5.32. The molecule has 2 N–H and O–H groups in total. The SMILES string of the molecule is O=S(=O)([O-])C1C[N+]1(CCO)CCO.[Na+]. The van der Waals surface area contributed by atoms with E-state index in [9.17, 15) is 13.0 Å². The summed E-state index contributed by atoms with van der Waals surface area (Å²) in [4.78, 5) is 0. The number of hydrogen-bond acceptors (Lipinski definition) is 5. The summed E-state index contributed by atoms with van der Waals surface area (Å²) in [5.74, 6) is 0. The van der Waals surface area contributed by atoms with E-state index in [0.29, 0.717) is 0 Å². The molecule has 1 aliphatic rings. The van der Waals surface area contributed by atoms with Crippen molar-refractivity contribution in [3.8, 4) is 0 Å². The Balaban J connectivity index is 0.00000169. The normalized spacial score (nSPS) is 24.1. The van der Waals surface area contributed by atoms with Crippen molar-refractivity contribution in [3.63, 3.8) is 0 Å². The van der Waals surface area contributed by atoms with Crippen molar-refractivity contribution in [1.82, 2.24) is 0 Å². The van der Waals surface area contributed by atoms with Gasteiger partial charge < -0.3 is 14.8 Å². The number of aliphatic hydroxyl groups is 2. The zero-order valence-corrected chi connectivity index (χ0v) is 10.9. The van der Waals surface area contributed by atoms with Crippen LogP contribution in [0.3, 0.4) is 0 Å². The van der Waals surface area contributed by atoms with Gasteiger partial charge in [0, 0.05) is 0 Å². The maximum Gasteiger partial charge on any atom is 1.00 e. The quantitative estimate of drug-likeness (QED) is 0.214. The minimum Gasteiger partial charge on any atom is -0.743 e. The molecule has 0 aromatic rings. The average molecular weight is 234 g/mol. The smallest absolute Gasteiger partial charge is 0.743 e. The second kappa shape index (κ2) is 5.22. The molecular weight excluding hydrogens is 221 g/mol. The molecule has 1 atom stereocenters. The Morgan fingerprint density at radius 1 is 1.29 bits per heavy atom. The molecule has 6 nitrogen and oxygen atoms in total. The monoisotopic (exact) mass is 234 g/mol. The van der Waals surface area contributed by atoms with Crippen molar-refractivity contribution in [2.24, 2.45) is 0 Å². The minimum absolute atomic E-state index is 0. The predicted molar refractivity (Wildman–Crippen MR) is 42.5 cm³/mol. The molecule has 0 amide bonds. The molecular formula is C6H13NNaO5S+. The number of rotatable bonds is 5. The summed E-state index contributed by atoms with van der Waals surface area (Å²) < 4.78 is 31.9. The molecule has 8 heteroatoms. The van der Waals surface area contributed by atoms with Crippen LogP contribution in [0.2, 0.25) is 0 Å². The van der Waals surface area contributed by atoms with E-state index >= 15 is 0 Å². The molecule has 0 spiro atoms. The van der Waals surface area contributed by atoms with E-state index in [1.807, 2.05) is 0 Å². The van der Waals surface area contributed by atoms with Crippen molar-refractivity contribution >= 4 is 10.1 Å². The molecule has 78 valence electrons. The van der Waals surface area contributed by atoms with Crippen LogP contribution >= 0.6 is 0 Å². The maximum absolute atomic E-state index is 10.6. The van der Waals surface area contributed by atoms with E-state index in [4.69, 9.17) is 10.2 Å². The van der Waals surface area contributed by atoms with Crippen LogP contribution in [0.5, 0.6) is 0 Å². The van der Waals surface area contributed by atoms with Gasteiger partial charge in [0.05, 0.1) is 13.2 Å². The Labute approximate surface area is 105 Å². The number of aliphatic hydroxyl groups excluding tert-OH is 2. The van der Waals surface area contributed by atoms with Crippen LogP contribution in [-0.4, -0.2) is 65.9 Å². The summed E-state index contributed by atoms with van der Waals surface area (Å²) in [5.41, 5.74) is 0. The van der Waals surface area contributed by atoms with Gasteiger partial charge in [-0.2, -0.15) is 0 Å². The Morgan fingerprint density at radius 3 is 1.93 bits per heavy atom. The number of quaternary nitrogens is 1. The van der Waals surface area contributed by atoms with Gasteiger partial charge in [0.15, 0.2) is 10.1 Å². The molecule has 1 rings (SSSR count). The Kier molecular flexibility index (Phi) is 5.51. The van der Waals surface area contributed by atoms with Crippen molar-refractivity contribution < 1.29 is 57.2 Å². The van der Waals surface area contributed by atoms with E-state index < -0.39 is 15.5 Å². The van der Waals surface area contributed by atoms with Gasteiger partial charge in [-0.3, -0.25) is 4.48 Å². The molecule has 1 aliphatic heterocycles. The van der Waals surface area contributed by atoms with Crippen LogP contribution in [0.15, 0.2) is 0 Å². The first-order valence-electron chi connectivity index (χ1n) is 3.98. The summed E-state index contributed by atoms with van der Waals surface area (Å²) in [5, 5.41) is 16.3. The summed E-state index contributed by atoms with van der Waals surface area (Å²) in [6.07, 6.45) is 0. The fourth-order valence-corrected chi connectivity index (χ4v) is 2.85. The fourth-order valence-electron chi connectivity index (χ4n) is 1.61. The molecule has 1 unspecified atom stereocenters. The Bertz CT molecular complexity index is 274. The molecule has 0 saturated carbocycles. The van der Waals surface area contributed by atoms with Crippen LogP contribution in [0.25, 0.3) is 0 Å². The Morgan fingerprint density at radius 2 is 1.71 bits per heavy atom. The standard InChI is InChI=1S/C6H13NO5S.Na/c8-3-1-7(2-4-9)5-6(7)13(10,11)12;/h6,8-9H,1-5H2;/q;+1. The molecule has 14 heavy (non-hydrogen) atoms. The van der Waals surface area contributed by atoms with Gasteiger partial charge in [0.1, 0.15) is 19.6 Å². The van der Waals surface area contributed by atoms with Crippen molar-refractivity contribution in [2.75, 3.05) is 32.8 Å². The maximum atomic E-state index is 10.6. The van der Waals surface area contributed by atoms with Crippen LogP contribution in [-0.2, 0) is 10.1 Å². The van der Waals surface area contributed by atoms with Crippen molar-refractivity contribution in [3.05, 3.63) is 0 Å².